The monoisotopic (exact) mass is 300 g/mol. The molecule has 1 aliphatic heterocycles. The molecule has 3 rings (SSSR count). The van der Waals surface area contributed by atoms with Crippen molar-refractivity contribution >= 4 is 11.8 Å². The van der Waals surface area contributed by atoms with Crippen LogP contribution in [0.1, 0.15) is 11.1 Å². The summed E-state index contributed by atoms with van der Waals surface area (Å²) in [6, 6.07) is 17.0. The highest BCUT2D eigenvalue weighted by Crippen LogP contribution is 2.36. The maximum Gasteiger partial charge on any atom is 0.119 e. The van der Waals surface area contributed by atoms with Crippen molar-refractivity contribution in [3.63, 3.8) is 0 Å². The van der Waals surface area contributed by atoms with E-state index in [9.17, 15) is 0 Å². The molecule has 0 amide bonds. The zero-order valence-corrected chi connectivity index (χ0v) is 13.1. The molecule has 1 heterocycles. The minimum Gasteiger partial charge on any atom is -0.492 e. The number of methoxy groups -OCH3 is 1. The number of thioether (sulfide) groups is 1. The third kappa shape index (κ3) is 3.80. The van der Waals surface area contributed by atoms with Crippen molar-refractivity contribution < 1.29 is 9.47 Å². The van der Waals surface area contributed by atoms with Gasteiger partial charge < -0.3 is 9.47 Å². The van der Waals surface area contributed by atoms with E-state index in [1.807, 2.05) is 11.8 Å². The van der Waals surface area contributed by atoms with Gasteiger partial charge in [-0.1, -0.05) is 30.3 Å². The quantitative estimate of drug-likeness (QED) is 0.804. The van der Waals surface area contributed by atoms with Crippen LogP contribution in [0, 0.1) is 0 Å². The molecule has 21 heavy (non-hydrogen) atoms. The predicted octanol–water partition coefficient (Wildman–Crippen LogP) is 3.97. The van der Waals surface area contributed by atoms with Gasteiger partial charge in [-0.15, -0.1) is 11.8 Å². The van der Waals surface area contributed by atoms with E-state index in [1.54, 1.807) is 7.11 Å². The largest absolute Gasteiger partial charge is 0.492 e. The first-order chi connectivity index (χ1) is 10.3. The van der Waals surface area contributed by atoms with Gasteiger partial charge in [0.1, 0.15) is 12.4 Å². The molecule has 110 valence electrons. The summed E-state index contributed by atoms with van der Waals surface area (Å²) < 4.78 is 11.0. The SMILES string of the molecule is COCCc1ccc(OCC2Cc3ccccc3S2)cc1. The third-order valence-corrected chi connectivity index (χ3v) is 4.96. The average molecular weight is 300 g/mol. The number of benzene rings is 2. The second-order valence-corrected chi connectivity index (χ2v) is 6.59. The van der Waals surface area contributed by atoms with E-state index < -0.39 is 0 Å². The predicted molar refractivity (Wildman–Crippen MR) is 87.3 cm³/mol. The maximum absolute atomic E-state index is 5.93. The van der Waals surface area contributed by atoms with Gasteiger partial charge in [-0.3, -0.25) is 0 Å². The van der Waals surface area contributed by atoms with Crippen molar-refractivity contribution in [3.05, 3.63) is 59.7 Å². The van der Waals surface area contributed by atoms with Crippen LogP contribution in [0.5, 0.6) is 5.75 Å². The van der Waals surface area contributed by atoms with E-state index in [2.05, 4.69) is 48.5 Å². The van der Waals surface area contributed by atoms with E-state index in [4.69, 9.17) is 9.47 Å². The molecule has 0 aliphatic carbocycles. The van der Waals surface area contributed by atoms with Gasteiger partial charge >= 0.3 is 0 Å². The zero-order chi connectivity index (χ0) is 14.5. The lowest BCUT2D eigenvalue weighted by Gasteiger charge is -2.11. The number of hydrogen-bond donors (Lipinski definition) is 0. The Labute approximate surface area is 130 Å². The van der Waals surface area contributed by atoms with Gasteiger partial charge in [-0.05, 0) is 42.2 Å². The van der Waals surface area contributed by atoms with Crippen LogP contribution in [0.4, 0.5) is 0 Å². The summed E-state index contributed by atoms with van der Waals surface area (Å²) in [5.74, 6) is 0.952. The Morgan fingerprint density at radius 3 is 2.67 bits per heavy atom. The molecule has 1 aliphatic rings. The van der Waals surface area contributed by atoms with Crippen molar-refractivity contribution in [1.29, 1.82) is 0 Å². The van der Waals surface area contributed by atoms with Crippen molar-refractivity contribution in [2.75, 3.05) is 20.3 Å². The van der Waals surface area contributed by atoms with Gasteiger partial charge in [0.25, 0.3) is 0 Å². The standard InChI is InChI=1S/C18H20O2S/c1-19-11-10-14-6-8-16(9-7-14)20-13-17-12-15-4-2-3-5-18(15)21-17/h2-9,17H,10-13H2,1H3. The Bertz CT molecular complexity index is 555. The summed E-state index contributed by atoms with van der Waals surface area (Å²) in [4.78, 5) is 1.40. The second kappa shape index (κ2) is 7.01. The molecule has 0 bridgehead atoms. The van der Waals surface area contributed by atoms with Crippen LogP contribution >= 0.6 is 11.8 Å². The number of fused-ring (bicyclic) bond motifs is 1. The minimum atomic E-state index is 0.524. The van der Waals surface area contributed by atoms with Crippen LogP contribution < -0.4 is 4.74 Å². The molecular weight excluding hydrogens is 280 g/mol. The number of rotatable bonds is 6. The first-order valence-corrected chi connectivity index (χ1v) is 8.18. The molecule has 1 atom stereocenters. The summed E-state index contributed by atoms with van der Waals surface area (Å²) in [5, 5.41) is 0.524. The van der Waals surface area contributed by atoms with Crippen LogP contribution in [0.25, 0.3) is 0 Å². The van der Waals surface area contributed by atoms with Gasteiger partial charge in [0.2, 0.25) is 0 Å². The fourth-order valence-electron chi connectivity index (χ4n) is 2.51. The first-order valence-electron chi connectivity index (χ1n) is 7.30. The lowest BCUT2D eigenvalue weighted by Crippen LogP contribution is -2.13. The molecule has 0 spiro atoms. The average Bonchev–Trinajstić information content (AvgIpc) is 2.95. The third-order valence-electron chi connectivity index (χ3n) is 3.67. The van der Waals surface area contributed by atoms with Crippen molar-refractivity contribution in [1.82, 2.24) is 0 Å². The Kier molecular flexibility index (Phi) is 4.84. The van der Waals surface area contributed by atoms with Gasteiger partial charge in [-0.25, -0.2) is 0 Å². The van der Waals surface area contributed by atoms with Gasteiger partial charge in [0.05, 0.1) is 6.61 Å². The second-order valence-electron chi connectivity index (χ2n) is 5.25. The summed E-state index contributed by atoms with van der Waals surface area (Å²) in [5.41, 5.74) is 2.73. The number of hydrogen-bond acceptors (Lipinski definition) is 3. The highest BCUT2D eigenvalue weighted by atomic mass is 32.2. The molecule has 0 saturated heterocycles. The normalized spacial score (nSPS) is 16.7. The molecule has 0 fully saturated rings. The molecule has 0 saturated carbocycles. The lowest BCUT2D eigenvalue weighted by atomic mass is 10.1. The van der Waals surface area contributed by atoms with Gasteiger partial charge in [0, 0.05) is 17.3 Å². The molecule has 1 unspecified atom stereocenters. The van der Waals surface area contributed by atoms with Crippen LogP contribution in [-0.4, -0.2) is 25.6 Å². The van der Waals surface area contributed by atoms with Crippen LogP contribution in [0.2, 0.25) is 0 Å². The molecule has 3 heteroatoms. The van der Waals surface area contributed by atoms with Crippen molar-refractivity contribution in [2.45, 2.75) is 23.0 Å². The summed E-state index contributed by atoms with van der Waals surface area (Å²) in [7, 11) is 1.73. The Hall–Kier alpha value is -1.45. The van der Waals surface area contributed by atoms with E-state index in [0.29, 0.717) is 5.25 Å². The van der Waals surface area contributed by atoms with E-state index in [1.165, 1.54) is 16.0 Å². The molecule has 2 aromatic carbocycles. The summed E-state index contributed by atoms with van der Waals surface area (Å²) >= 11 is 1.93. The van der Waals surface area contributed by atoms with Gasteiger partial charge in [-0.2, -0.15) is 0 Å². The van der Waals surface area contributed by atoms with E-state index >= 15 is 0 Å². The Morgan fingerprint density at radius 1 is 1.10 bits per heavy atom. The van der Waals surface area contributed by atoms with E-state index in [-0.39, 0.29) is 0 Å². The van der Waals surface area contributed by atoms with Crippen molar-refractivity contribution in [2.24, 2.45) is 0 Å². The zero-order valence-electron chi connectivity index (χ0n) is 12.2. The molecule has 0 N–H and O–H groups in total. The fraction of sp³-hybridized carbons (Fsp3) is 0.333. The summed E-state index contributed by atoms with van der Waals surface area (Å²) in [6.07, 6.45) is 2.05. The topological polar surface area (TPSA) is 18.5 Å². The Balaban J connectivity index is 1.50. The van der Waals surface area contributed by atoms with Gasteiger partial charge in [0.15, 0.2) is 0 Å². The fourth-order valence-corrected chi connectivity index (χ4v) is 3.73. The molecule has 0 radical (unpaired) electrons. The van der Waals surface area contributed by atoms with E-state index in [0.717, 1.165) is 31.8 Å². The van der Waals surface area contributed by atoms with Crippen LogP contribution in [0.15, 0.2) is 53.4 Å². The first kappa shape index (κ1) is 14.5. The highest BCUT2D eigenvalue weighted by molar-refractivity contribution is 8.00. The molecule has 2 nitrogen and oxygen atoms in total. The molecular formula is C18H20O2S. The molecule has 0 aromatic heterocycles. The Morgan fingerprint density at radius 2 is 1.90 bits per heavy atom. The van der Waals surface area contributed by atoms with Crippen LogP contribution in [0.3, 0.4) is 0 Å². The number of ether oxygens (including phenoxy) is 2. The molecule has 2 aromatic rings. The maximum atomic E-state index is 5.93. The highest BCUT2D eigenvalue weighted by Gasteiger charge is 2.22. The van der Waals surface area contributed by atoms with Crippen LogP contribution in [-0.2, 0) is 17.6 Å². The lowest BCUT2D eigenvalue weighted by molar-refractivity contribution is 0.202. The smallest absolute Gasteiger partial charge is 0.119 e. The minimum absolute atomic E-state index is 0.524. The van der Waals surface area contributed by atoms with Crippen molar-refractivity contribution in [3.8, 4) is 5.75 Å². The summed E-state index contributed by atoms with van der Waals surface area (Å²) in [6.45, 7) is 1.52.